The lowest BCUT2D eigenvalue weighted by Crippen LogP contribution is -2.56. The van der Waals surface area contributed by atoms with Gasteiger partial charge in [-0.05, 0) is 29.1 Å². The van der Waals surface area contributed by atoms with Gasteiger partial charge < -0.3 is 10.6 Å². The number of thiophene rings is 1. The van der Waals surface area contributed by atoms with Crippen LogP contribution in [-0.4, -0.2) is 50.6 Å². The third-order valence-electron chi connectivity index (χ3n) is 4.87. The molecule has 1 aromatic carbocycles. The topological polar surface area (TPSA) is 92.2 Å². The van der Waals surface area contributed by atoms with E-state index in [2.05, 4.69) is 31.7 Å². The molecule has 3 aromatic rings. The van der Waals surface area contributed by atoms with Crippen molar-refractivity contribution in [2.45, 2.75) is 25.6 Å². The number of hydrogen-bond donors (Lipinski definition) is 2. The van der Waals surface area contributed by atoms with Crippen molar-refractivity contribution in [3.05, 3.63) is 64.9 Å². The Morgan fingerprint density at radius 2 is 2.14 bits per heavy atom. The van der Waals surface area contributed by atoms with Gasteiger partial charge in [0.2, 0.25) is 11.8 Å². The maximum atomic E-state index is 12.5. The summed E-state index contributed by atoms with van der Waals surface area (Å²) in [5, 5.41) is 11.9. The van der Waals surface area contributed by atoms with Crippen LogP contribution in [0.2, 0.25) is 0 Å². The van der Waals surface area contributed by atoms with Crippen molar-refractivity contribution in [2.75, 3.05) is 13.1 Å². The van der Waals surface area contributed by atoms with E-state index >= 15 is 0 Å². The van der Waals surface area contributed by atoms with Crippen LogP contribution in [0.3, 0.4) is 0 Å². The van der Waals surface area contributed by atoms with Gasteiger partial charge in [0, 0.05) is 31.1 Å². The van der Waals surface area contributed by atoms with Crippen LogP contribution in [0.5, 0.6) is 0 Å². The fraction of sp³-hybridized carbons (Fsp3) is 0.300. The third-order valence-corrected chi connectivity index (χ3v) is 5.73. The number of hydrogen-bond acceptors (Lipinski definition) is 6. The van der Waals surface area contributed by atoms with Crippen LogP contribution >= 0.6 is 11.3 Å². The lowest BCUT2D eigenvalue weighted by atomic mass is 10.1. The highest BCUT2D eigenvalue weighted by atomic mass is 32.1. The van der Waals surface area contributed by atoms with Crippen molar-refractivity contribution in [3.63, 3.8) is 0 Å². The molecular weight excluding hydrogens is 388 g/mol. The highest BCUT2D eigenvalue weighted by molar-refractivity contribution is 7.09. The summed E-state index contributed by atoms with van der Waals surface area (Å²) in [4.78, 5) is 32.0. The van der Waals surface area contributed by atoms with Crippen LogP contribution in [0.4, 0.5) is 0 Å². The quantitative estimate of drug-likeness (QED) is 0.613. The molecule has 150 valence electrons. The summed E-state index contributed by atoms with van der Waals surface area (Å²) in [7, 11) is 0. The largest absolute Gasteiger partial charge is 0.353 e. The number of amides is 2. The first kappa shape index (κ1) is 19.3. The number of benzene rings is 1. The summed E-state index contributed by atoms with van der Waals surface area (Å²) in [6.45, 7) is 2.45. The van der Waals surface area contributed by atoms with Crippen molar-refractivity contribution in [1.29, 1.82) is 0 Å². The smallest absolute Gasteiger partial charge is 0.237 e. The Bertz CT molecular complexity index is 940. The normalized spacial score (nSPS) is 17.1. The summed E-state index contributed by atoms with van der Waals surface area (Å²) in [5.74, 6) is -0.219. The minimum absolute atomic E-state index is 0.0832. The summed E-state index contributed by atoms with van der Waals surface area (Å²) in [5.41, 5.74) is 1.88. The lowest BCUT2D eigenvalue weighted by molar-refractivity contribution is -0.134. The number of carbonyl (C=O) groups excluding carboxylic acids is 2. The molecule has 0 radical (unpaired) electrons. The second-order valence-electron chi connectivity index (χ2n) is 6.84. The minimum atomic E-state index is -0.444. The average Bonchev–Trinajstić information content (AvgIpc) is 3.44. The maximum absolute atomic E-state index is 12.5. The number of rotatable bonds is 7. The molecule has 1 aliphatic rings. The molecule has 8 nitrogen and oxygen atoms in total. The van der Waals surface area contributed by atoms with Crippen LogP contribution in [-0.2, 0) is 22.7 Å². The van der Waals surface area contributed by atoms with Gasteiger partial charge in [-0.1, -0.05) is 18.2 Å². The Kier molecular flexibility index (Phi) is 5.97. The first-order valence-corrected chi connectivity index (χ1v) is 10.3. The van der Waals surface area contributed by atoms with E-state index in [4.69, 9.17) is 0 Å². The summed E-state index contributed by atoms with van der Waals surface area (Å²) in [6.07, 6.45) is 3.26. The van der Waals surface area contributed by atoms with Gasteiger partial charge in [0.1, 0.15) is 12.7 Å². The standard InChI is InChI=1S/C20H22N6O2S/c27-19(23-11-15-3-5-16(6-4-15)26-14-21-13-24-26)10-18-20(28)22-7-8-25(18)12-17-2-1-9-29-17/h1-6,9,13-14,18H,7-8,10-12H2,(H,22,28)(H,23,27). The molecule has 29 heavy (non-hydrogen) atoms. The van der Waals surface area contributed by atoms with Gasteiger partial charge in [-0.2, -0.15) is 5.10 Å². The van der Waals surface area contributed by atoms with Gasteiger partial charge in [-0.25, -0.2) is 9.67 Å². The number of aromatic nitrogens is 3. The van der Waals surface area contributed by atoms with Gasteiger partial charge in [0.25, 0.3) is 0 Å². The fourth-order valence-corrected chi connectivity index (χ4v) is 4.06. The minimum Gasteiger partial charge on any atom is -0.353 e. The third kappa shape index (κ3) is 4.87. The van der Waals surface area contributed by atoms with E-state index in [0.717, 1.165) is 17.8 Å². The number of nitrogens with zero attached hydrogens (tertiary/aromatic N) is 4. The highest BCUT2D eigenvalue weighted by Crippen LogP contribution is 2.17. The average molecular weight is 411 g/mol. The summed E-state index contributed by atoms with van der Waals surface area (Å²) < 4.78 is 1.67. The molecule has 3 heterocycles. The van der Waals surface area contributed by atoms with Crippen molar-refractivity contribution in [2.24, 2.45) is 0 Å². The van der Waals surface area contributed by atoms with E-state index in [9.17, 15) is 9.59 Å². The molecule has 2 N–H and O–H groups in total. The molecule has 1 atom stereocenters. The van der Waals surface area contributed by atoms with Crippen LogP contribution < -0.4 is 10.6 Å². The van der Waals surface area contributed by atoms with Crippen molar-refractivity contribution in [3.8, 4) is 5.69 Å². The maximum Gasteiger partial charge on any atom is 0.237 e. The second kappa shape index (κ2) is 8.97. The fourth-order valence-electron chi connectivity index (χ4n) is 3.33. The molecular formula is C20H22N6O2S. The Morgan fingerprint density at radius 1 is 1.28 bits per heavy atom. The van der Waals surface area contributed by atoms with E-state index in [-0.39, 0.29) is 18.2 Å². The highest BCUT2D eigenvalue weighted by Gasteiger charge is 2.31. The summed E-state index contributed by atoms with van der Waals surface area (Å²) in [6, 6.07) is 11.3. The van der Waals surface area contributed by atoms with Crippen molar-refractivity contribution in [1.82, 2.24) is 30.3 Å². The van der Waals surface area contributed by atoms with Gasteiger partial charge in [0.15, 0.2) is 0 Å². The van der Waals surface area contributed by atoms with E-state index in [1.165, 1.54) is 11.2 Å². The van der Waals surface area contributed by atoms with Crippen LogP contribution in [0.15, 0.2) is 54.4 Å². The molecule has 0 spiro atoms. The van der Waals surface area contributed by atoms with Gasteiger partial charge in [0.05, 0.1) is 18.2 Å². The van der Waals surface area contributed by atoms with E-state index < -0.39 is 6.04 Å². The number of carbonyl (C=O) groups is 2. The molecule has 0 bridgehead atoms. The molecule has 9 heteroatoms. The van der Waals surface area contributed by atoms with Crippen LogP contribution in [0.1, 0.15) is 16.9 Å². The number of piperazine rings is 1. The molecule has 1 fully saturated rings. The SMILES string of the molecule is O=C(CC1C(=O)NCCN1Cc1cccs1)NCc1ccc(-n2cncn2)cc1. The monoisotopic (exact) mass is 410 g/mol. The second-order valence-corrected chi connectivity index (χ2v) is 7.88. The zero-order valence-electron chi connectivity index (χ0n) is 15.8. The molecule has 1 unspecified atom stereocenters. The Morgan fingerprint density at radius 3 is 2.86 bits per heavy atom. The number of nitrogens with one attached hydrogen (secondary N) is 2. The van der Waals surface area contributed by atoms with Gasteiger partial charge in [-0.3, -0.25) is 14.5 Å². The zero-order valence-corrected chi connectivity index (χ0v) is 16.6. The Hall–Kier alpha value is -3.04. The van der Waals surface area contributed by atoms with E-state index in [1.807, 2.05) is 35.7 Å². The Balaban J connectivity index is 1.32. The molecule has 0 saturated carbocycles. The zero-order chi connectivity index (χ0) is 20.1. The van der Waals surface area contributed by atoms with Crippen molar-refractivity contribution < 1.29 is 9.59 Å². The lowest BCUT2D eigenvalue weighted by Gasteiger charge is -2.34. The van der Waals surface area contributed by atoms with Gasteiger partial charge >= 0.3 is 0 Å². The van der Waals surface area contributed by atoms with Gasteiger partial charge in [-0.15, -0.1) is 11.3 Å². The van der Waals surface area contributed by atoms with Crippen LogP contribution in [0, 0.1) is 0 Å². The van der Waals surface area contributed by atoms with Crippen LogP contribution in [0.25, 0.3) is 5.69 Å². The molecule has 2 aromatic heterocycles. The first-order valence-electron chi connectivity index (χ1n) is 9.44. The summed E-state index contributed by atoms with van der Waals surface area (Å²) >= 11 is 1.66. The van der Waals surface area contributed by atoms with E-state index in [1.54, 1.807) is 22.3 Å². The molecule has 2 amide bonds. The van der Waals surface area contributed by atoms with E-state index in [0.29, 0.717) is 19.6 Å². The predicted octanol–water partition coefficient (Wildman–Crippen LogP) is 1.34. The molecule has 4 rings (SSSR count). The molecule has 0 aliphatic carbocycles. The first-order chi connectivity index (χ1) is 14.2. The van der Waals surface area contributed by atoms with Crippen molar-refractivity contribution >= 4 is 23.2 Å². The molecule has 1 aliphatic heterocycles. The molecule has 1 saturated heterocycles. The predicted molar refractivity (Wildman–Crippen MR) is 109 cm³/mol. The Labute approximate surface area is 172 Å².